The van der Waals surface area contributed by atoms with E-state index in [1.165, 1.54) is 16.5 Å². The van der Waals surface area contributed by atoms with Crippen LogP contribution >= 0.6 is 23.1 Å². The molecule has 0 radical (unpaired) electrons. The monoisotopic (exact) mass is 458 g/mol. The van der Waals surface area contributed by atoms with Gasteiger partial charge in [-0.25, -0.2) is 14.4 Å². The number of amides is 1. The molecule has 1 N–H and O–H groups in total. The number of aromatic nitrogens is 2. The Kier molecular flexibility index (Phi) is 7.07. The molecule has 1 amide bonds. The van der Waals surface area contributed by atoms with Crippen molar-refractivity contribution in [1.82, 2.24) is 15.3 Å². The molecule has 1 aliphatic rings. The molecule has 0 spiro atoms. The number of halogens is 1. The average Bonchev–Trinajstić information content (AvgIpc) is 3.08. The molecule has 164 valence electrons. The van der Waals surface area contributed by atoms with Gasteiger partial charge in [0.05, 0.1) is 5.39 Å². The first-order valence-corrected chi connectivity index (χ1v) is 12.6. The minimum Gasteiger partial charge on any atom is -0.356 e. The van der Waals surface area contributed by atoms with E-state index >= 15 is 0 Å². The quantitative estimate of drug-likeness (QED) is 0.520. The van der Waals surface area contributed by atoms with Crippen molar-refractivity contribution in [3.05, 3.63) is 52.4 Å². The number of thiophene rings is 1. The lowest BCUT2D eigenvalue weighted by atomic mass is 9.95. The van der Waals surface area contributed by atoms with E-state index in [-0.39, 0.29) is 17.6 Å². The fraction of sp³-hybridized carbons (Fsp3) is 0.435. The van der Waals surface area contributed by atoms with Crippen LogP contribution < -0.4 is 10.2 Å². The van der Waals surface area contributed by atoms with Gasteiger partial charge in [-0.15, -0.1) is 11.3 Å². The minimum atomic E-state index is -0.167. The fourth-order valence-electron chi connectivity index (χ4n) is 3.95. The predicted molar refractivity (Wildman–Crippen MR) is 127 cm³/mol. The zero-order valence-corrected chi connectivity index (χ0v) is 19.5. The van der Waals surface area contributed by atoms with Crippen molar-refractivity contribution in [3.63, 3.8) is 0 Å². The van der Waals surface area contributed by atoms with E-state index in [9.17, 15) is 9.18 Å². The molecule has 0 atom stereocenters. The first kappa shape index (κ1) is 22.0. The number of carbonyl (C=O) groups excluding carboxylic acids is 1. The van der Waals surface area contributed by atoms with E-state index in [1.54, 1.807) is 41.6 Å². The molecule has 0 saturated carbocycles. The van der Waals surface area contributed by atoms with Gasteiger partial charge >= 0.3 is 0 Å². The molecule has 0 unspecified atom stereocenters. The van der Waals surface area contributed by atoms with E-state index < -0.39 is 0 Å². The number of piperidine rings is 1. The number of rotatable bonds is 7. The molecule has 8 heteroatoms. The van der Waals surface area contributed by atoms with Crippen molar-refractivity contribution < 1.29 is 9.18 Å². The van der Waals surface area contributed by atoms with E-state index in [1.807, 2.05) is 6.07 Å². The fourth-order valence-corrected chi connectivity index (χ4v) is 5.78. The highest BCUT2D eigenvalue weighted by molar-refractivity contribution is 7.98. The van der Waals surface area contributed by atoms with Crippen LogP contribution in [0.3, 0.4) is 0 Å². The maximum Gasteiger partial charge on any atom is 0.223 e. The summed E-state index contributed by atoms with van der Waals surface area (Å²) in [5.41, 5.74) is 1.96. The summed E-state index contributed by atoms with van der Waals surface area (Å²) in [6, 6.07) is 6.84. The molecule has 3 aromatic rings. The van der Waals surface area contributed by atoms with E-state index in [4.69, 9.17) is 0 Å². The van der Waals surface area contributed by atoms with Gasteiger partial charge in [-0.3, -0.25) is 4.79 Å². The van der Waals surface area contributed by atoms with Crippen LogP contribution in [0.4, 0.5) is 10.2 Å². The molecule has 0 bridgehead atoms. The SMILES string of the molecule is Cc1sc2ncnc(N3CCC(C(=O)NCCSCc4ccccc4F)CC3)c2c1C. The molecule has 3 heterocycles. The summed E-state index contributed by atoms with van der Waals surface area (Å²) in [6.45, 7) is 6.50. The summed E-state index contributed by atoms with van der Waals surface area (Å²) in [7, 11) is 0. The number of thioether (sulfide) groups is 1. The second kappa shape index (κ2) is 9.96. The van der Waals surface area contributed by atoms with Gasteiger partial charge in [-0.1, -0.05) is 18.2 Å². The number of carbonyl (C=O) groups is 1. The van der Waals surface area contributed by atoms with Gasteiger partial charge in [-0.2, -0.15) is 11.8 Å². The van der Waals surface area contributed by atoms with E-state index in [0.717, 1.165) is 47.7 Å². The third-order valence-corrected chi connectivity index (χ3v) is 7.99. The van der Waals surface area contributed by atoms with E-state index in [2.05, 4.69) is 34.0 Å². The molecule has 4 rings (SSSR count). The Labute approximate surface area is 190 Å². The van der Waals surface area contributed by atoms with Gasteiger partial charge in [0.2, 0.25) is 5.91 Å². The van der Waals surface area contributed by atoms with Crippen LogP contribution in [0.15, 0.2) is 30.6 Å². The van der Waals surface area contributed by atoms with Crippen molar-refractivity contribution in [2.75, 3.05) is 30.3 Å². The van der Waals surface area contributed by atoms with Crippen molar-refractivity contribution in [1.29, 1.82) is 0 Å². The highest BCUT2D eigenvalue weighted by Crippen LogP contribution is 2.35. The number of hydrogen-bond acceptors (Lipinski definition) is 6. The number of hydrogen-bond donors (Lipinski definition) is 1. The zero-order chi connectivity index (χ0) is 21.8. The first-order valence-electron chi connectivity index (χ1n) is 10.6. The Morgan fingerprint density at radius 2 is 2.03 bits per heavy atom. The molecule has 1 aliphatic heterocycles. The molecule has 2 aromatic heterocycles. The highest BCUT2D eigenvalue weighted by atomic mass is 32.2. The number of nitrogens with zero attached hydrogens (tertiary/aromatic N) is 3. The predicted octanol–water partition coefficient (Wildman–Crippen LogP) is 4.71. The molecule has 31 heavy (non-hydrogen) atoms. The van der Waals surface area contributed by atoms with Crippen molar-refractivity contribution in [2.45, 2.75) is 32.4 Å². The number of benzene rings is 1. The summed E-state index contributed by atoms with van der Waals surface area (Å²) in [4.78, 5) is 26.2. The molecular weight excluding hydrogens is 431 g/mol. The lowest BCUT2D eigenvalue weighted by Crippen LogP contribution is -2.41. The smallest absolute Gasteiger partial charge is 0.223 e. The van der Waals surface area contributed by atoms with Crippen LogP contribution in [0.2, 0.25) is 0 Å². The first-order chi connectivity index (χ1) is 15.0. The topological polar surface area (TPSA) is 58.1 Å². The van der Waals surface area contributed by atoms with Crippen LogP contribution in [0.1, 0.15) is 28.8 Å². The van der Waals surface area contributed by atoms with Crippen molar-refractivity contribution in [3.8, 4) is 0 Å². The molecule has 0 aliphatic carbocycles. The van der Waals surface area contributed by atoms with Gasteiger partial charge in [0.1, 0.15) is 22.8 Å². The third kappa shape index (κ3) is 5.01. The van der Waals surface area contributed by atoms with Crippen LogP contribution in [0.5, 0.6) is 0 Å². The Balaban J connectivity index is 1.24. The zero-order valence-electron chi connectivity index (χ0n) is 17.9. The minimum absolute atomic E-state index is 0.0375. The second-order valence-corrected chi connectivity index (χ2v) is 10.2. The molecule has 1 saturated heterocycles. The van der Waals surface area contributed by atoms with Crippen molar-refractivity contribution in [2.24, 2.45) is 5.92 Å². The summed E-state index contributed by atoms with van der Waals surface area (Å²) < 4.78 is 13.6. The maximum absolute atomic E-state index is 13.6. The van der Waals surface area contributed by atoms with Crippen LogP contribution in [0, 0.1) is 25.6 Å². The Morgan fingerprint density at radius 1 is 1.26 bits per heavy atom. The molecular formula is C23H27FN4OS2. The highest BCUT2D eigenvalue weighted by Gasteiger charge is 2.27. The number of fused-ring (bicyclic) bond motifs is 1. The summed E-state index contributed by atoms with van der Waals surface area (Å²) in [5.74, 6) is 2.39. The van der Waals surface area contributed by atoms with Gasteiger partial charge in [0.25, 0.3) is 0 Å². The Bertz CT molecular complexity index is 1060. The van der Waals surface area contributed by atoms with E-state index in [0.29, 0.717) is 17.9 Å². The second-order valence-electron chi connectivity index (χ2n) is 7.86. The molecule has 5 nitrogen and oxygen atoms in total. The lowest BCUT2D eigenvalue weighted by Gasteiger charge is -2.32. The maximum atomic E-state index is 13.6. The summed E-state index contributed by atoms with van der Waals surface area (Å²) >= 11 is 3.35. The summed E-state index contributed by atoms with van der Waals surface area (Å²) in [5, 5.41) is 4.21. The molecule has 1 fully saturated rings. The number of anilines is 1. The Morgan fingerprint density at radius 3 is 2.81 bits per heavy atom. The van der Waals surface area contributed by atoms with Gasteiger partial charge < -0.3 is 10.2 Å². The number of nitrogens with one attached hydrogen (secondary N) is 1. The van der Waals surface area contributed by atoms with Gasteiger partial charge in [0.15, 0.2) is 0 Å². The third-order valence-electron chi connectivity index (χ3n) is 5.87. The average molecular weight is 459 g/mol. The normalized spacial score (nSPS) is 14.9. The molecule has 1 aromatic carbocycles. The van der Waals surface area contributed by atoms with Crippen LogP contribution in [-0.4, -0.2) is 41.3 Å². The Hall–Kier alpha value is -2.19. The van der Waals surface area contributed by atoms with Crippen LogP contribution in [0.25, 0.3) is 10.2 Å². The number of aryl methyl sites for hydroxylation is 2. The van der Waals surface area contributed by atoms with Crippen LogP contribution in [-0.2, 0) is 10.5 Å². The van der Waals surface area contributed by atoms with Gasteiger partial charge in [0, 0.05) is 41.9 Å². The largest absolute Gasteiger partial charge is 0.356 e. The summed E-state index contributed by atoms with van der Waals surface area (Å²) in [6.07, 6.45) is 3.29. The van der Waals surface area contributed by atoms with Crippen molar-refractivity contribution >= 4 is 45.0 Å². The standard InChI is InChI=1S/C23H27FN4OS2/c1-15-16(2)31-23-20(15)21(26-14-27-23)28-10-7-17(8-11-28)22(29)25-9-12-30-13-18-5-3-4-6-19(18)24/h3-6,14,17H,7-13H2,1-2H3,(H,25,29). The van der Waals surface area contributed by atoms with Gasteiger partial charge in [-0.05, 0) is 43.9 Å². The lowest BCUT2D eigenvalue weighted by molar-refractivity contribution is -0.125.